The van der Waals surface area contributed by atoms with Crippen molar-refractivity contribution in [3.8, 4) is 5.75 Å². The molecule has 162 valence electrons. The van der Waals surface area contributed by atoms with E-state index in [-0.39, 0.29) is 18.8 Å². The van der Waals surface area contributed by atoms with Crippen LogP contribution in [0.3, 0.4) is 0 Å². The highest BCUT2D eigenvalue weighted by molar-refractivity contribution is 8.00. The minimum atomic E-state index is -1.19. The fourth-order valence-corrected chi connectivity index (χ4v) is 5.93. The maximum absolute atomic E-state index is 14.2. The van der Waals surface area contributed by atoms with E-state index in [9.17, 15) is 19.7 Å². The zero-order valence-corrected chi connectivity index (χ0v) is 18.0. The molecule has 1 unspecified atom stereocenters. The molecule has 2 aromatic rings. The number of benzene rings is 2. The van der Waals surface area contributed by atoms with Crippen molar-refractivity contribution in [2.24, 2.45) is 0 Å². The summed E-state index contributed by atoms with van der Waals surface area (Å²) in [7, 11) is 0. The summed E-state index contributed by atoms with van der Waals surface area (Å²) < 4.78 is 25.7. The van der Waals surface area contributed by atoms with Crippen LogP contribution in [0.5, 0.6) is 5.75 Å². The molecule has 0 amide bonds. The largest absolute Gasteiger partial charge is 0.491 e. The first-order valence-electron chi connectivity index (χ1n) is 9.84. The van der Waals surface area contributed by atoms with E-state index in [1.54, 1.807) is 25.1 Å². The van der Waals surface area contributed by atoms with Crippen molar-refractivity contribution < 1.29 is 29.2 Å². The molecule has 4 atom stereocenters. The Kier molecular flexibility index (Phi) is 6.05. The molecule has 2 saturated heterocycles. The van der Waals surface area contributed by atoms with Crippen LogP contribution < -0.4 is 4.74 Å². The number of fused-ring (bicyclic) bond motifs is 2. The predicted molar refractivity (Wildman–Crippen MR) is 113 cm³/mol. The van der Waals surface area contributed by atoms with E-state index >= 15 is 0 Å². The minimum absolute atomic E-state index is 0.194. The van der Waals surface area contributed by atoms with Crippen LogP contribution in [0.2, 0.25) is 5.02 Å². The van der Waals surface area contributed by atoms with Crippen molar-refractivity contribution in [3.05, 3.63) is 63.9 Å². The molecular formula is C22H24ClFO5S. The summed E-state index contributed by atoms with van der Waals surface area (Å²) in [6, 6.07) is 10.3. The van der Waals surface area contributed by atoms with E-state index in [2.05, 4.69) is 0 Å². The Morgan fingerprint density at radius 3 is 2.77 bits per heavy atom. The highest BCUT2D eigenvalue weighted by Gasteiger charge is 2.61. The summed E-state index contributed by atoms with van der Waals surface area (Å²) in [5, 5.41) is 31.1. The van der Waals surface area contributed by atoms with Crippen molar-refractivity contribution in [3.63, 3.8) is 0 Å². The van der Waals surface area contributed by atoms with E-state index in [0.717, 1.165) is 16.7 Å². The number of halogens is 2. The molecule has 2 aliphatic rings. The molecule has 2 aromatic carbocycles. The molecule has 2 fully saturated rings. The third-order valence-corrected chi connectivity index (χ3v) is 7.70. The average Bonchev–Trinajstić information content (AvgIpc) is 3.07. The van der Waals surface area contributed by atoms with Crippen LogP contribution in [-0.2, 0) is 16.1 Å². The lowest BCUT2D eigenvalue weighted by atomic mass is 9.86. The summed E-state index contributed by atoms with van der Waals surface area (Å²) >= 11 is 7.87. The topological polar surface area (TPSA) is 79.2 Å². The van der Waals surface area contributed by atoms with Crippen LogP contribution in [0, 0.1) is 5.82 Å². The lowest BCUT2D eigenvalue weighted by molar-refractivity contribution is -0.233. The first-order valence-corrected chi connectivity index (χ1v) is 11.2. The number of thioether (sulfide) groups is 1. The summed E-state index contributed by atoms with van der Waals surface area (Å²) in [4.78, 5) is -0.884. The third kappa shape index (κ3) is 3.72. The fourth-order valence-electron chi connectivity index (χ4n) is 4.14. The van der Waals surface area contributed by atoms with E-state index < -0.39 is 28.6 Å². The van der Waals surface area contributed by atoms with Crippen molar-refractivity contribution in [1.82, 2.24) is 0 Å². The maximum atomic E-state index is 14.2. The molecule has 0 radical (unpaired) electrons. The van der Waals surface area contributed by atoms with Gasteiger partial charge in [0.25, 0.3) is 0 Å². The van der Waals surface area contributed by atoms with Crippen molar-refractivity contribution in [2.45, 2.75) is 42.5 Å². The molecule has 30 heavy (non-hydrogen) atoms. The Morgan fingerprint density at radius 1 is 1.27 bits per heavy atom. The van der Waals surface area contributed by atoms with Gasteiger partial charge in [-0.2, -0.15) is 0 Å². The van der Waals surface area contributed by atoms with Gasteiger partial charge in [-0.3, -0.25) is 0 Å². The van der Waals surface area contributed by atoms with E-state index in [4.69, 9.17) is 21.1 Å². The number of aliphatic hydroxyl groups is 3. The molecule has 2 bridgehead atoms. The Balaban J connectivity index is 1.64. The highest BCUT2D eigenvalue weighted by Crippen LogP contribution is 2.57. The molecule has 0 aromatic heterocycles. The number of hydrogen-bond acceptors (Lipinski definition) is 6. The van der Waals surface area contributed by atoms with Gasteiger partial charge in [0.1, 0.15) is 16.6 Å². The third-order valence-electron chi connectivity index (χ3n) is 5.74. The summed E-state index contributed by atoms with van der Waals surface area (Å²) in [5.74, 6) is 0.155. The first kappa shape index (κ1) is 21.9. The van der Waals surface area contributed by atoms with Gasteiger partial charge in [-0.05, 0) is 48.2 Å². The van der Waals surface area contributed by atoms with Gasteiger partial charge in [0.2, 0.25) is 0 Å². The lowest BCUT2D eigenvalue weighted by Gasteiger charge is -2.44. The SMILES string of the molecule is CCOc1ccc(Cc2cc([C@]34CC(O)[C@H](O)[C@](CO)(CS3)O4)ccc2Cl)cc1F. The molecule has 5 nitrogen and oxygen atoms in total. The van der Waals surface area contributed by atoms with Crippen LogP contribution in [-0.4, -0.2) is 52.1 Å². The molecule has 3 N–H and O–H groups in total. The van der Waals surface area contributed by atoms with E-state index in [1.807, 2.05) is 12.1 Å². The van der Waals surface area contributed by atoms with Gasteiger partial charge in [-0.25, -0.2) is 4.39 Å². The second kappa shape index (κ2) is 8.30. The monoisotopic (exact) mass is 454 g/mol. The molecule has 4 rings (SSSR count). The molecule has 2 heterocycles. The van der Waals surface area contributed by atoms with Crippen LogP contribution in [0.4, 0.5) is 4.39 Å². The van der Waals surface area contributed by atoms with E-state index in [1.165, 1.54) is 17.8 Å². The normalized spacial score (nSPS) is 30.5. The summed E-state index contributed by atoms with van der Waals surface area (Å²) in [6.45, 7) is 1.81. The van der Waals surface area contributed by atoms with Crippen molar-refractivity contribution in [1.29, 1.82) is 0 Å². The van der Waals surface area contributed by atoms with Crippen molar-refractivity contribution >= 4 is 23.4 Å². The van der Waals surface area contributed by atoms with Crippen LogP contribution in [0.1, 0.15) is 30.0 Å². The molecule has 0 spiro atoms. The van der Waals surface area contributed by atoms with Gasteiger partial charge >= 0.3 is 0 Å². The minimum Gasteiger partial charge on any atom is -0.491 e. The quantitative estimate of drug-likeness (QED) is 0.622. The smallest absolute Gasteiger partial charge is 0.165 e. The first-order chi connectivity index (χ1) is 14.3. The van der Waals surface area contributed by atoms with Crippen LogP contribution in [0.25, 0.3) is 0 Å². The second-order valence-corrected chi connectivity index (χ2v) is 9.41. The number of ether oxygens (including phenoxy) is 2. The molecule has 8 heteroatoms. The predicted octanol–water partition coefficient (Wildman–Crippen LogP) is 3.24. The van der Waals surface area contributed by atoms with Crippen LogP contribution >= 0.6 is 23.4 Å². The van der Waals surface area contributed by atoms with Crippen LogP contribution in [0.15, 0.2) is 36.4 Å². The van der Waals surface area contributed by atoms with Crippen molar-refractivity contribution in [2.75, 3.05) is 19.0 Å². The maximum Gasteiger partial charge on any atom is 0.165 e. The molecule has 2 aliphatic heterocycles. The lowest BCUT2D eigenvalue weighted by Crippen LogP contribution is -2.59. The Morgan fingerprint density at radius 2 is 2.07 bits per heavy atom. The number of aliphatic hydroxyl groups excluding tert-OH is 3. The Hall–Kier alpha value is -1.35. The zero-order chi connectivity index (χ0) is 21.5. The number of hydrogen-bond donors (Lipinski definition) is 3. The van der Waals surface area contributed by atoms with Gasteiger partial charge in [0.05, 0.1) is 19.3 Å². The number of rotatable bonds is 6. The van der Waals surface area contributed by atoms with Gasteiger partial charge in [0, 0.05) is 17.2 Å². The zero-order valence-electron chi connectivity index (χ0n) is 16.5. The van der Waals surface area contributed by atoms with Gasteiger partial charge < -0.3 is 24.8 Å². The standard InChI is InChI=1S/C22H24ClFO5S/c1-2-28-19-6-3-13(8-17(19)24)7-14-9-15(4-5-16(14)23)22-10-18(26)20(27)21(11-25,29-22)12-30-22/h3-6,8-9,18,20,25-27H,2,7,10-12H2,1H3/t18?,20-,21-,22-/m0/s1. The highest BCUT2D eigenvalue weighted by atomic mass is 35.5. The Bertz CT molecular complexity index is 944. The van der Waals surface area contributed by atoms with Gasteiger partial charge in [0.15, 0.2) is 11.6 Å². The fraction of sp³-hybridized carbons (Fsp3) is 0.455. The van der Waals surface area contributed by atoms with Gasteiger partial charge in [-0.1, -0.05) is 29.8 Å². The van der Waals surface area contributed by atoms with E-state index in [0.29, 0.717) is 23.8 Å². The summed E-state index contributed by atoms with van der Waals surface area (Å²) in [6.07, 6.45) is -1.56. The average molecular weight is 455 g/mol. The molecule has 0 saturated carbocycles. The molecule has 0 aliphatic carbocycles. The Labute approximate surface area is 183 Å². The van der Waals surface area contributed by atoms with Gasteiger partial charge in [-0.15, -0.1) is 11.8 Å². The second-order valence-electron chi connectivity index (χ2n) is 7.76. The summed E-state index contributed by atoms with van der Waals surface area (Å²) in [5.41, 5.74) is 1.13. The molecular weight excluding hydrogens is 431 g/mol.